The molecule has 0 atom stereocenters. The molecule has 0 fully saturated rings. The van der Waals surface area contributed by atoms with Gasteiger partial charge in [0.25, 0.3) is 0 Å². The summed E-state index contributed by atoms with van der Waals surface area (Å²) in [5, 5.41) is 15.9. The normalized spacial score (nSPS) is 11.4. The molecule has 49 heavy (non-hydrogen) atoms. The van der Waals surface area contributed by atoms with Crippen molar-refractivity contribution in [1.29, 1.82) is 0 Å². The quantitative estimate of drug-likeness (QED) is 0.135. The van der Waals surface area contributed by atoms with Crippen LogP contribution in [0.4, 0.5) is 27.9 Å². The first-order valence-corrected chi connectivity index (χ1v) is 16.6. The molecule has 3 heterocycles. The van der Waals surface area contributed by atoms with Gasteiger partial charge in [0.15, 0.2) is 0 Å². The van der Waals surface area contributed by atoms with Crippen molar-refractivity contribution in [3.8, 4) is 11.4 Å². The lowest BCUT2D eigenvalue weighted by atomic mass is 9.92. The minimum atomic E-state index is -0.371. The Balaban J connectivity index is 1.17. The number of benzene rings is 3. The van der Waals surface area contributed by atoms with Crippen molar-refractivity contribution in [2.24, 2.45) is 0 Å². The van der Waals surface area contributed by atoms with Gasteiger partial charge in [0.05, 0.1) is 34.7 Å². The molecule has 3 aromatic carbocycles. The number of ether oxygens (including phenoxy) is 1. The number of fused-ring (bicyclic) bond motifs is 1. The molecular weight excluding hydrogens is 612 g/mol. The number of anilines is 4. The number of aryl methyl sites for hydroxylation is 3. The highest BCUT2D eigenvalue weighted by Crippen LogP contribution is 2.33. The number of urea groups is 1. The molecule has 3 aromatic heterocycles. The van der Waals surface area contributed by atoms with Crippen LogP contribution in [0.25, 0.3) is 16.5 Å². The maximum Gasteiger partial charge on any atom is 0.324 e. The van der Waals surface area contributed by atoms with Crippen molar-refractivity contribution < 1.29 is 9.53 Å². The molecule has 0 radical (unpaired) electrons. The van der Waals surface area contributed by atoms with Crippen LogP contribution in [0.15, 0.2) is 91.3 Å². The molecule has 3 N–H and O–H groups in total. The minimum absolute atomic E-state index is 0.197. The number of nitrogens with zero attached hydrogens (tertiary/aromatic N) is 5. The van der Waals surface area contributed by atoms with Crippen molar-refractivity contribution in [3.63, 3.8) is 0 Å². The van der Waals surface area contributed by atoms with E-state index >= 15 is 0 Å². The van der Waals surface area contributed by atoms with Crippen LogP contribution < -0.4 is 20.7 Å². The van der Waals surface area contributed by atoms with Crippen LogP contribution in [0.5, 0.6) is 5.75 Å². The zero-order chi connectivity index (χ0) is 34.5. The summed E-state index contributed by atoms with van der Waals surface area (Å²) in [7, 11) is 0. The van der Waals surface area contributed by atoms with Gasteiger partial charge in [-0.25, -0.2) is 19.4 Å². The van der Waals surface area contributed by atoms with Crippen molar-refractivity contribution in [3.05, 3.63) is 119 Å². The molecule has 0 saturated heterocycles. The van der Waals surface area contributed by atoms with E-state index in [0.717, 1.165) is 57.5 Å². The Hall–Kier alpha value is -5.77. The van der Waals surface area contributed by atoms with Crippen LogP contribution in [0, 0.1) is 6.92 Å². The molecule has 10 nitrogen and oxygen atoms in total. The Labute approximate surface area is 287 Å². The van der Waals surface area contributed by atoms with Gasteiger partial charge in [-0.15, -0.1) is 0 Å². The number of hydrogen-bond acceptors (Lipinski definition) is 7. The first kappa shape index (κ1) is 33.1. The maximum absolute atomic E-state index is 13.4. The number of hydrogen-bond donors (Lipinski definition) is 3. The van der Waals surface area contributed by atoms with E-state index in [2.05, 4.69) is 60.5 Å². The number of amides is 2. The Morgan fingerprint density at radius 2 is 1.59 bits per heavy atom. The number of nitrogens with one attached hydrogen (secondary N) is 3. The van der Waals surface area contributed by atoms with E-state index in [1.165, 1.54) is 0 Å². The summed E-state index contributed by atoms with van der Waals surface area (Å²) in [4.78, 5) is 27.2. The van der Waals surface area contributed by atoms with Crippen molar-refractivity contribution >= 4 is 39.9 Å². The van der Waals surface area contributed by atoms with E-state index in [-0.39, 0.29) is 11.4 Å². The Morgan fingerprint density at radius 1 is 0.837 bits per heavy atom. The van der Waals surface area contributed by atoms with Crippen molar-refractivity contribution in [1.82, 2.24) is 24.7 Å². The van der Waals surface area contributed by atoms with Gasteiger partial charge in [-0.3, -0.25) is 10.3 Å². The third-order valence-electron chi connectivity index (χ3n) is 8.21. The number of rotatable bonds is 10. The lowest BCUT2D eigenvalue weighted by Crippen LogP contribution is -2.21. The Kier molecular flexibility index (Phi) is 9.57. The smallest absolute Gasteiger partial charge is 0.324 e. The van der Waals surface area contributed by atoms with Crippen LogP contribution in [0.1, 0.15) is 62.8 Å². The van der Waals surface area contributed by atoms with E-state index in [1.54, 1.807) is 17.1 Å². The van der Waals surface area contributed by atoms with E-state index in [9.17, 15) is 4.79 Å². The first-order chi connectivity index (χ1) is 23.6. The number of pyridine rings is 1. The van der Waals surface area contributed by atoms with Gasteiger partial charge < -0.3 is 15.4 Å². The van der Waals surface area contributed by atoms with Gasteiger partial charge in [0.2, 0.25) is 0 Å². The molecule has 0 bridgehead atoms. The SMILES string of the molecule is CCc1ncc(Nc2cc(COc3ccc(NC(=O)Nc4cc(C(C)(C)C)nn4-c4ccc(C)cc4)c4ccccc34)ccn2)nc1CC. The van der Waals surface area contributed by atoms with E-state index in [1.807, 2.05) is 85.8 Å². The Morgan fingerprint density at radius 3 is 2.33 bits per heavy atom. The average Bonchev–Trinajstić information content (AvgIpc) is 3.52. The third-order valence-corrected chi connectivity index (χ3v) is 8.21. The molecular formula is C39H42N8O2. The van der Waals surface area contributed by atoms with Gasteiger partial charge in [-0.1, -0.05) is 76.6 Å². The predicted molar refractivity (Wildman–Crippen MR) is 196 cm³/mol. The van der Waals surface area contributed by atoms with Gasteiger partial charge in [0.1, 0.15) is 29.8 Å². The molecule has 0 aliphatic carbocycles. The van der Waals surface area contributed by atoms with E-state index < -0.39 is 0 Å². The number of carbonyl (C=O) groups excluding carboxylic acids is 1. The first-order valence-electron chi connectivity index (χ1n) is 16.6. The molecule has 0 spiro atoms. The van der Waals surface area contributed by atoms with E-state index in [4.69, 9.17) is 14.8 Å². The maximum atomic E-state index is 13.4. The average molecular weight is 655 g/mol. The van der Waals surface area contributed by atoms with Crippen molar-refractivity contribution in [2.45, 2.75) is 66.4 Å². The molecule has 2 amide bonds. The fourth-order valence-electron chi connectivity index (χ4n) is 5.51. The molecule has 0 saturated carbocycles. The largest absolute Gasteiger partial charge is 0.488 e. The standard InChI is InChI=1S/C39H42N8O2/c1-7-30-31(8-2)42-36(23-41-30)44-35-21-26(19-20-40-35)24-49-33-18-17-32(28-11-9-10-12-29(28)33)43-38(48)45-37-22-34(39(4,5)6)46-47(37)27-15-13-25(3)14-16-27/h9-23H,7-8,24H2,1-6H3,(H,40,42,44)(H2,43,45,48). The van der Waals surface area contributed by atoms with Crippen LogP contribution in [0.2, 0.25) is 0 Å². The zero-order valence-corrected chi connectivity index (χ0v) is 28.8. The molecule has 10 heteroatoms. The lowest BCUT2D eigenvalue weighted by molar-refractivity contribution is 0.262. The highest BCUT2D eigenvalue weighted by molar-refractivity contribution is 6.07. The number of carbonyl (C=O) groups is 1. The molecule has 0 aliphatic rings. The second-order valence-corrected chi connectivity index (χ2v) is 13.0. The Bertz CT molecular complexity index is 2100. The second-order valence-electron chi connectivity index (χ2n) is 13.0. The monoisotopic (exact) mass is 654 g/mol. The zero-order valence-electron chi connectivity index (χ0n) is 28.8. The summed E-state index contributed by atoms with van der Waals surface area (Å²) in [6.45, 7) is 12.8. The molecule has 6 rings (SSSR count). The summed E-state index contributed by atoms with van der Waals surface area (Å²) in [5.74, 6) is 2.61. The summed E-state index contributed by atoms with van der Waals surface area (Å²) in [5.41, 5.74) is 6.29. The van der Waals surface area contributed by atoms with Gasteiger partial charge >= 0.3 is 6.03 Å². The minimum Gasteiger partial charge on any atom is -0.488 e. The van der Waals surface area contributed by atoms with Gasteiger partial charge in [-0.05, 0) is 61.7 Å². The fraction of sp³-hybridized carbons (Fsp3) is 0.256. The van der Waals surface area contributed by atoms with Crippen LogP contribution >= 0.6 is 0 Å². The van der Waals surface area contributed by atoms with Gasteiger partial charge in [-0.2, -0.15) is 5.10 Å². The number of aromatic nitrogens is 5. The van der Waals surface area contributed by atoms with Crippen LogP contribution in [-0.4, -0.2) is 30.8 Å². The van der Waals surface area contributed by atoms with Crippen LogP contribution in [-0.2, 0) is 24.9 Å². The molecule has 6 aromatic rings. The second kappa shape index (κ2) is 14.1. The molecule has 250 valence electrons. The van der Waals surface area contributed by atoms with Crippen LogP contribution in [0.3, 0.4) is 0 Å². The lowest BCUT2D eigenvalue weighted by Gasteiger charge is -2.15. The highest BCUT2D eigenvalue weighted by atomic mass is 16.5. The third kappa shape index (κ3) is 7.70. The summed E-state index contributed by atoms with van der Waals surface area (Å²) < 4.78 is 8.09. The predicted octanol–water partition coefficient (Wildman–Crippen LogP) is 8.91. The topological polar surface area (TPSA) is 119 Å². The van der Waals surface area contributed by atoms with Gasteiger partial charge in [0, 0.05) is 28.5 Å². The summed E-state index contributed by atoms with van der Waals surface area (Å²) in [6.07, 6.45) is 5.15. The molecule has 0 unspecified atom stereocenters. The fourth-order valence-corrected chi connectivity index (χ4v) is 5.51. The van der Waals surface area contributed by atoms with Crippen molar-refractivity contribution in [2.75, 3.05) is 16.0 Å². The highest BCUT2D eigenvalue weighted by Gasteiger charge is 2.22. The summed E-state index contributed by atoms with van der Waals surface area (Å²) >= 11 is 0. The van der Waals surface area contributed by atoms with E-state index in [0.29, 0.717) is 35.5 Å². The molecule has 0 aliphatic heterocycles. The summed E-state index contributed by atoms with van der Waals surface area (Å²) in [6, 6.07) is 25.1.